The van der Waals surface area contributed by atoms with Crippen LogP contribution in [-0.4, -0.2) is 10.9 Å². The second-order valence-electron chi connectivity index (χ2n) is 3.71. The lowest BCUT2D eigenvalue weighted by molar-refractivity contribution is -0.115. The van der Waals surface area contributed by atoms with Crippen molar-refractivity contribution < 1.29 is 4.79 Å². The Bertz CT molecular complexity index is 555. The van der Waals surface area contributed by atoms with E-state index in [0.717, 1.165) is 14.5 Å². The summed E-state index contributed by atoms with van der Waals surface area (Å²) in [5, 5.41) is 2.75. The molecule has 2 rings (SSSR count). The number of benzene rings is 1. The Labute approximate surface area is 122 Å². The van der Waals surface area contributed by atoms with Gasteiger partial charge >= 0.3 is 0 Å². The molecule has 0 radical (unpaired) electrons. The zero-order valence-corrected chi connectivity index (χ0v) is 12.5. The van der Waals surface area contributed by atoms with Crippen LogP contribution in [0.25, 0.3) is 0 Å². The number of carbonyl (C=O) groups is 1. The fourth-order valence-corrected chi connectivity index (χ4v) is 2.05. The summed E-state index contributed by atoms with van der Waals surface area (Å²) in [6.07, 6.45) is 1.97. The van der Waals surface area contributed by atoms with E-state index in [2.05, 4.69) is 42.2 Å². The van der Waals surface area contributed by atoms with E-state index in [1.807, 2.05) is 30.3 Å². The third-order valence-corrected chi connectivity index (χ3v) is 3.29. The molecule has 0 saturated heterocycles. The minimum Gasteiger partial charge on any atom is -0.310 e. The first-order valence-electron chi connectivity index (χ1n) is 5.29. The predicted molar refractivity (Wildman–Crippen MR) is 78.4 cm³/mol. The van der Waals surface area contributed by atoms with E-state index >= 15 is 0 Å². The molecule has 0 unspecified atom stereocenters. The van der Waals surface area contributed by atoms with Crippen LogP contribution in [0.3, 0.4) is 0 Å². The lowest BCUT2D eigenvalue weighted by atomic mass is 10.1. The number of pyridine rings is 1. The van der Waals surface area contributed by atoms with E-state index in [4.69, 9.17) is 0 Å². The maximum atomic E-state index is 11.8. The van der Waals surface area contributed by atoms with E-state index in [9.17, 15) is 4.79 Å². The molecule has 92 valence electrons. The number of nitrogens with zero attached hydrogens (tertiary/aromatic N) is 1. The second-order valence-corrected chi connectivity index (χ2v) is 5.54. The normalized spacial score (nSPS) is 10.1. The molecule has 1 heterocycles. The molecule has 1 aromatic heterocycles. The van der Waals surface area contributed by atoms with Gasteiger partial charge in [0.15, 0.2) is 0 Å². The molecule has 0 aliphatic heterocycles. The van der Waals surface area contributed by atoms with Crippen molar-refractivity contribution in [2.45, 2.75) is 6.42 Å². The highest BCUT2D eigenvalue weighted by atomic mass is 79.9. The van der Waals surface area contributed by atoms with Gasteiger partial charge in [0.1, 0.15) is 5.82 Å². The number of aromatic nitrogens is 1. The van der Waals surface area contributed by atoms with Gasteiger partial charge < -0.3 is 5.32 Å². The van der Waals surface area contributed by atoms with Gasteiger partial charge in [0.05, 0.1) is 6.42 Å². The Morgan fingerprint density at radius 3 is 2.50 bits per heavy atom. The molecule has 0 spiro atoms. The summed E-state index contributed by atoms with van der Waals surface area (Å²) in [6.45, 7) is 0. The van der Waals surface area contributed by atoms with Gasteiger partial charge in [-0.2, -0.15) is 0 Å². The number of anilines is 1. The van der Waals surface area contributed by atoms with Gasteiger partial charge in [-0.25, -0.2) is 4.98 Å². The summed E-state index contributed by atoms with van der Waals surface area (Å²) >= 11 is 6.69. The Morgan fingerprint density at radius 2 is 1.83 bits per heavy atom. The molecule has 1 amide bonds. The molecule has 18 heavy (non-hydrogen) atoms. The van der Waals surface area contributed by atoms with E-state index in [-0.39, 0.29) is 5.91 Å². The summed E-state index contributed by atoms with van der Waals surface area (Å²) in [6, 6.07) is 11.2. The number of hydrogen-bond donors (Lipinski definition) is 1. The molecule has 0 saturated carbocycles. The summed E-state index contributed by atoms with van der Waals surface area (Å²) in [5.74, 6) is 0.467. The molecule has 5 heteroatoms. The standard InChI is InChI=1S/C13H10Br2N2O/c14-10-3-1-9(2-4-10)7-13(18)17-12-8-11(15)5-6-16-12/h1-6,8H,7H2,(H,16,17,18). The Balaban J connectivity index is 1.98. The van der Waals surface area contributed by atoms with Crippen LogP contribution in [0.5, 0.6) is 0 Å². The Kier molecular flexibility index (Phi) is 4.49. The van der Waals surface area contributed by atoms with Crippen molar-refractivity contribution in [2.24, 2.45) is 0 Å². The average molecular weight is 370 g/mol. The lowest BCUT2D eigenvalue weighted by Gasteiger charge is -2.04. The predicted octanol–water partition coefficient (Wildman–Crippen LogP) is 3.79. The SMILES string of the molecule is O=C(Cc1ccc(Br)cc1)Nc1cc(Br)ccn1. The summed E-state index contributed by atoms with van der Waals surface area (Å²) in [5.41, 5.74) is 0.964. The molecule has 1 aromatic carbocycles. The van der Waals surface area contributed by atoms with Crippen LogP contribution in [0, 0.1) is 0 Å². The molecule has 0 bridgehead atoms. The van der Waals surface area contributed by atoms with Crippen LogP contribution >= 0.6 is 31.9 Å². The van der Waals surface area contributed by atoms with Gasteiger partial charge in [-0.1, -0.05) is 44.0 Å². The highest BCUT2D eigenvalue weighted by molar-refractivity contribution is 9.10. The smallest absolute Gasteiger partial charge is 0.229 e. The highest BCUT2D eigenvalue weighted by Gasteiger charge is 2.05. The van der Waals surface area contributed by atoms with Crippen LogP contribution in [-0.2, 0) is 11.2 Å². The van der Waals surface area contributed by atoms with Gasteiger partial charge in [-0.15, -0.1) is 0 Å². The van der Waals surface area contributed by atoms with Gasteiger partial charge in [0.25, 0.3) is 0 Å². The van der Waals surface area contributed by atoms with Crippen molar-refractivity contribution in [3.05, 3.63) is 57.1 Å². The third kappa shape index (κ3) is 3.92. The number of nitrogens with one attached hydrogen (secondary N) is 1. The van der Waals surface area contributed by atoms with Crippen molar-refractivity contribution in [1.82, 2.24) is 4.98 Å². The first kappa shape index (κ1) is 13.2. The van der Waals surface area contributed by atoms with Gasteiger partial charge in [-0.05, 0) is 29.8 Å². The van der Waals surface area contributed by atoms with Crippen LogP contribution in [0.15, 0.2) is 51.5 Å². The summed E-state index contributed by atoms with van der Waals surface area (Å²) in [7, 11) is 0. The van der Waals surface area contributed by atoms with Gasteiger partial charge in [-0.3, -0.25) is 4.79 Å². The van der Waals surface area contributed by atoms with Gasteiger partial charge in [0.2, 0.25) is 5.91 Å². The first-order chi connectivity index (χ1) is 8.63. The van der Waals surface area contributed by atoms with Gasteiger partial charge in [0, 0.05) is 15.1 Å². The molecule has 0 atom stereocenters. The average Bonchev–Trinajstić information content (AvgIpc) is 2.32. The first-order valence-corrected chi connectivity index (χ1v) is 6.88. The fourth-order valence-electron chi connectivity index (χ4n) is 1.45. The zero-order valence-electron chi connectivity index (χ0n) is 9.36. The molecular formula is C13H10Br2N2O. The van der Waals surface area contributed by atoms with E-state index < -0.39 is 0 Å². The van der Waals surface area contributed by atoms with E-state index in [1.54, 1.807) is 12.3 Å². The number of halogens is 2. The van der Waals surface area contributed by atoms with Crippen LogP contribution in [0.4, 0.5) is 5.82 Å². The monoisotopic (exact) mass is 368 g/mol. The third-order valence-electron chi connectivity index (χ3n) is 2.27. The molecule has 0 aliphatic carbocycles. The zero-order chi connectivity index (χ0) is 13.0. The van der Waals surface area contributed by atoms with Crippen LogP contribution in [0.2, 0.25) is 0 Å². The minimum atomic E-state index is -0.0806. The van der Waals surface area contributed by atoms with Crippen molar-refractivity contribution >= 4 is 43.6 Å². The number of carbonyl (C=O) groups excluding carboxylic acids is 1. The maximum Gasteiger partial charge on any atom is 0.229 e. The fraction of sp³-hybridized carbons (Fsp3) is 0.0769. The maximum absolute atomic E-state index is 11.8. The molecule has 3 nitrogen and oxygen atoms in total. The molecule has 2 aromatic rings. The largest absolute Gasteiger partial charge is 0.310 e. The molecule has 0 fully saturated rings. The highest BCUT2D eigenvalue weighted by Crippen LogP contribution is 2.14. The van der Waals surface area contributed by atoms with Crippen molar-refractivity contribution in [1.29, 1.82) is 0 Å². The number of amides is 1. The molecule has 0 aliphatic rings. The lowest BCUT2D eigenvalue weighted by Crippen LogP contribution is -2.15. The van der Waals surface area contributed by atoms with Crippen molar-refractivity contribution in [2.75, 3.05) is 5.32 Å². The van der Waals surface area contributed by atoms with Crippen molar-refractivity contribution in [3.8, 4) is 0 Å². The topological polar surface area (TPSA) is 42.0 Å². The van der Waals surface area contributed by atoms with Crippen molar-refractivity contribution in [3.63, 3.8) is 0 Å². The molecular weight excluding hydrogens is 360 g/mol. The Morgan fingerprint density at radius 1 is 1.11 bits per heavy atom. The second kappa shape index (κ2) is 6.11. The summed E-state index contributed by atoms with van der Waals surface area (Å²) in [4.78, 5) is 15.9. The number of hydrogen-bond acceptors (Lipinski definition) is 2. The van der Waals surface area contributed by atoms with Crippen LogP contribution in [0.1, 0.15) is 5.56 Å². The Hall–Kier alpha value is -1.20. The van der Waals surface area contributed by atoms with E-state index in [1.165, 1.54) is 0 Å². The summed E-state index contributed by atoms with van der Waals surface area (Å²) < 4.78 is 1.89. The van der Waals surface area contributed by atoms with E-state index in [0.29, 0.717) is 12.2 Å². The molecule has 1 N–H and O–H groups in total. The number of rotatable bonds is 3. The van der Waals surface area contributed by atoms with Crippen LogP contribution < -0.4 is 5.32 Å². The minimum absolute atomic E-state index is 0.0806. The quantitative estimate of drug-likeness (QED) is 0.894.